The van der Waals surface area contributed by atoms with Crippen LogP contribution in [0.4, 0.5) is 0 Å². The van der Waals surface area contributed by atoms with E-state index in [1.54, 1.807) is 0 Å². The second kappa shape index (κ2) is 10.7. The number of quaternary nitrogens is 1. The Kier molecular flexibility index (Phi) is 8.24. The number of nitrogens with zero attached hydrogens (tertiary/aromatic N) is 3. The average Bonchev–Trinajstić information content (AvgIpc) is 3.54. The van der Waals surface area contributed by atoms with Crippen molar-refractivity contribution in [2.24, 2.45) is 0 Å². The van der Waals surface area contributed by atoms with Crippen LogP contribution in [0.15, 0.2) is 69.8 Å². The second-order valence-electron chi connectivity index (χ2n) is 8.00. The Morgan fingerprint density at radius 3 is 2.22 bits per heavy atom. The molecule has 3 heterocycles. The van der Waals surface area contributed by atoms with Gasteiger partial charge in [-0.2, -0.15) is 0 Å². The third-order valence-corrected chi connectivity index (χ3v) is 6.97. The number of benzene rings is 1. The van der Waals surface area contributed by atoms with Gasteiger partial charge in [-0.15, -0.1) is 32.9 Å². The summed E-state index contributed by atoms with van der Waals surface area (Å²) < 4.78 is 12.5. The Hall–Kier alpha value is -2.04. The lowest BCUT2D eigenvalue weighted by molar-refractivity contribution is -0.905. The molecule has 6 nitrogen and oxygen atoms in total. The number of hydrogen-bond donors (Lipinski definition) is 1. The zero-order valence-electron chi connectivity index (χ0n) is 18.0. The lowest BCUT2D eigenvalue weighted by Gasteiger charge is -2.28. The number of hydrogen-bond acceptors (Lipinski definition) is 7. The number of halogens is 1. The summed E-state index contributed by atoms with van der Waals surface area (Å²) in [6.07, 6.45) is 0.900. The van der Waals surface area contributed by atoms with E-state index in [2.05, 4.69) is 24.3 Å². The molecular weight excluding hydrogens is 510 g/mol. The van der Waals surface area contributed by atoms with E-state index in [1.165, 1.54) is 22.7 Å². The standard InChI is InChI=1S/C23H26N3O3S2.BrH/c1-26(2,13-8-14-28-18-9-4-3-5-10-18)17-21-24-25-22(29-21)23(27,19-11-6-15-30-19)20-12-7-16-31-20;/h3-7,9-12,15-16,27H,8,13-14,17H2,1-2H3;1H/q+1;/p-1. The highest BCUT2D eigenvalue weighted by molar-refractivity contribution is 7.11. The molecule has 0 aliphatic rings. The van der Waals surface area contributed by atoms with Crippen molar-refractivity contribution in [3.8, 4) is 5.75 Å². The van der Waals surface area contributed by atoms with Crippen molar-refractivity contribution in [2.75, 3.05) is 27.2 Å². The first-order chi connectivity index (χ1) is 15.0. The maximum atomic E-state index is 11.6. The molecule has 0 amide bonds. The monoisotopic (exact) mass is 535 g/mol. The molecule has 3 aromatic heterocycles. The first-order valence-electron chi connectivity index (χ1n) is 10.1. The summed E-state index contributed by atoms with van der Waals surface area (Å²) in [5, 5.41) is 23.9. The Morgan fingerprint density at radius 2 is 1.62 bits per heavy atom. The van der Waals surface area contributed by atoms with Gasteiger partial charge in [0.15, 0.2) is 6.54 Å². The van der Waals surface area contributed by atoms with Gasteiger partial charge in [0.1, 0.15) is 5.75 Å². The van der Waals surface area contributed by atoms with Crippen LogP contribution in [0.3, 0.4) is 0 Å². The number of para-hydroxylation sites is 1. The third-order valence-electron chi connectivity index (χ3n) is 5.01. The van der Waals surface area contributed by atoms with Crippen molar-refractivity contribution in [3.63, 3.8) is 0 Å². The van der Waals surface area contributed by atoms with Gasteiger partial charge in [-0.05, 0) is 35.0 Å². The normalized spacial score (nSPS) is 11.8. The Labute approximate surface area is 206 Å². The smallest absolute Gasteiger partial charge is 0.271 e. The van der Waals surface area contributed by atoms with E-state index in [9.17, 15) is 5.11 Å². The van der Waals surface area contributed by atoms with Crippen molar-refractivity contribution in [1.82, 2.24) is 10.2 Å². The molecule has 4 rings (SSSR count). The van der Waals surface area contributed by atoms with Gasteiger partial charge >= 0.3 is 0 Å². The van der Waals surface area contributed by atoms with Crippen molar-refractivity contribution in [2.45, 2.75) is 18.6 Å². The summed E-state index contributed by atoms with van der Waals surface area (Å²) in [6, 6.07) is 17.4. The Balaban J connectivity index is 0.00000289. The molecule has 1 N–H and O–H groups in total. The summed E-state index contributed by atoms with van der Waals surface area (Å²) in [5.74, 6) is 1.60. The van der Waals surface area contributed by atoms with Crippen molar-refractivity contribution < 1.29 is 35.7 Å². The molecule has 1 aromatic carbocycles. The molecule has 0 fully saturated rings. The molecule has 170 valence electrons. The van der Waals surface area contributed by atoms with Gasteiger partial charge in [0.25, 0.3) is 11.8 Å². The van der Waals surface area contributed by atoms with Gasteiger partial charge < -0.3 is 35.7 Å². The highest BCUT2D eigenvalue weighted by Gasteiger charge is 2.42. The topological polar surface area (TPSA) is 68.4 Å². The van der Waals surface area contributed by atoms with Gasteiger partial charge in [0.2, 0.25) is 5.60 Å². The van der Waals surface area contributed by atoms with E-state index in [-0.39, 0.29) is 22.9 Å². The van der Waals surface area contributed by atoms with Crippen LogP contribution in [0.25, 0.3) is 0 Å². The quantitative estimate of drug-likeness (QED) is 0.246. The first-order valence-corrected chi connectivity index (χ1v) is 11.9. The summed E-state index contributed by atoms with van der Waals surface area (Å²) in [5.41, 5.74) is -1.42. The zero-order chi connectivity index (χ0) is 21.7. The molecule has 9 heteroatoms. The van der Waals surface area contributed by atoms with Crippen LogP contribution < -0.4 is 21.7 Å². The highest BCUT2D eigenvalue weighted by atomic mass is 79.9. The molecule has 0 bridgehead atoms. The minimum Gasteiger partial charge on any atom is -1.00 e. The number of ether oxygens (including phenoxy) is 1. The van der Waals surface area contributed by atoms with Gasteiger partial charge in [-0.1, -0.05) is 30.3 Å². The zero-order valence-corrected chi connectivity index (χ0v) is 21.2. The summed E-state index contributed by atoms with van der Waals surface area (Å²) in [4.78, 5) is 1.52. The predicted molar refractivity (Wildman–Crippen MR) is 122 cm³/mol. The molecule has 0 spiro atoms. The predicted octanol–water partition coefficient (Wildman–Crippen LogP) is 1.53. The summed E-state index contributed by atoms with van der Waals surface area (Å²) >= 11 is 2.94. The molecule has 0 unspecified atom stereocenters. The van der Waals surface area contributed by atoms with Crippen LogP contribution in [-0.4, -0.2) is 47.0 Å². The van der Waals surface area contributed by atoms with Crippen LogP contribution in [-0.2, 0) is 12.1 Å². The highest BCUT2D eigenvalue weighted by Crippen LogP contribution is 2.40. The SMILES string of the molecule is C[N+](C)(CCCOc1ccccc1)Cc1nnc(C(O)(c2cccs2)c2cccs2)o1.[Br-]. The minimum atomic E-state index is -1.42. The molecule has 32 heavy (non-hydrogen) atoms. The third kappa shape index (κ3) is 5.65. The molecule has 0 aliphatic heterocycles. The van der Waals surface area contributed by atoms with E-state index >= 15 is 0 Å². The van der Waals surface area contributed by atoms with E-state index in [0.717, 1.165) is 28.5 Å². The molecule has 0 radical (unpaired) electrons. The largest absolute Gasteiger partial charge is 1.00 e. The Morgan fingerprint density at radius 1 is 0.969 bits per heavy atom. The summed E-state index contributed by atoms with van der Waals surface area (Å²) in [7, 11) is 4.24. The fourth-order valence-electron chi connectivity index (χ4n) is 3.41. The van der Waals surface area contributed by atoms with Crippen LogP contribution >= 0.6 is 22.7 Å². The van der Waals surface area contributed by atoms with Gasteiger partial charge in [0.05, 0.1) is 37.0 Å². The van der Waals surface area contributed by atoms with Crippen molar-refractivity contribution in [1.29, 1.82) is 0 Å². The molecular formula is C23H26BrN3O3S2. The number of rotatable bonds is 10. The lowest BCUT2D eigenvalue weighted by Crippen LogP contribution is -3.00. The van der Waals surface area contributed by atoms with Gasteiger partial charge in [0, 0.05) is 6.42 Å². The second-order valence-corrected chi connectivity index (χ2v) is 9.89. The molecule has 0 saturated heterocycles. The van der Waals surface area contributed by atoms with E-state index in [4.69, 9.17) is 9.15 Å². The van der Waals surface area contributed by atoms with Crippen molar-refractivity contribution >= 4 is 22.7 Å². The van der Waals surface area contributed by atoms with Crippen LogP contribution in [0.5, 0.6) is 5.75 Å². The van der Waals surface area contributed by atoms with Gasteiger partial charge in [-0.25, -0.2) is 0 Å². The van der Waals surface area contributed by atoms with E-state index in [1.807, 2.05) is 65.4 Å². The van der Waals surface area contributed by atoms with Gasteiger partial charge in [-0.3, -0.25) is 0 Å². The molecule has 0 saturated carbocycles. The maximum Gasteiger partial charge on any atom is 0.271 e. The number of aromatic nitrogens is 2. The Bertz CT molecular complexity index is 1030. The van der Waals surface area contributed by atoms with Crippen LogP contribution in [0, 0.1) is 0 Å². The van der Waals surface area contributed by atoms with Crippen LogP contribution in [0.2, 0.25) is 0 Å². The summed E-state index contributed by atoms with van der Waals surface area (Å²) in [6.45, 7) is 2.12. The fourth-order valence-corrected chi connectivity index (χ4v) is 5.13. The number of thiophene rings is 2. The fraction of sp³-hybridized carbons (Fsp3) is 0.304. The first kappa shape index (κ1) is 24.6. The van der Waals surface area contributed by atoms with E-state index in [0.29, 0.717) is 23.5 Å². The number of aliphatic hydroxyl groups is 1. The minimum absolute atomic E-state index is 0. The van der Waals surface area contributed by atoms with Crippen LogP contribution in [0.1, 0.15) is 28.0 Å². The average molecular weight is 537 g/mol. The van der Waals surface area contributed by atoms with E-state index < -0.39 is 5.60 Å². The maximum absolute atomic E-state index is 11.6. The molecule has 0 atom stereocenters. The van der Waals surface area contributed by atoms with Crippen molar-refractivity contribution in [3.05, 3.63) is 86.9 Å². The molecule has 4 aromatic rings. The lowest BCUT2D eigenvalue weighted by atomic mass is 10.00. The molecule has 0 aliphatic carbocycles.